The molecule has 0 saturated carbocycles. The molecule has 1 heterocycles. The number of aromatic nitrogens is 3. The third-order valence-corrected chi connectivity index (χ3v) is 8.64. The molecule has 0 aliphatic heterocycles. The highest BCUT2D eigenvalue weighted by Gasteiger charge is 2.17. The summed E-state index contributed by atoms with van der Waals surface area (Å²) in [5.41, 5.74) is 9.04. The van der Waals surface area contributed by atoms with Gasteiger partial charge in [0.05, 0.1) is 112 Å². The first-order valence-electron chi connectivity index (χ1n) is 22.1. The second-order valence-corrected chi connectivity index (χ2v) is 14.0. The van der Waals surface area contributed by atoms with Gasteiger partial charge in [-0.3, -0.25) is 9.59 Å². The second-order valence-electron chi connectivity index (χ2n) is 14.0. The van der Waals surface area contributed by atoms with E-state index in [0.717, 1.165) is 30.5 Å². The molecule has 3 rings (SSSR count). The van der Waals surface area contributed by atoms with E-state index in [1.165, 1.54) is 12.1 Å². The van der Waals surface area contributed by atoms with Crippen LogP contribution in [0, 0.1) is 17.5 Å². The van der Waals surface area contributed by atoms with Crippen LogP contribution in [0.15, 0.2) is 41.5 Å². The van der Waals surface area contributed by atoms with Crippen LogP contribution in [0.4, 0.5) is 31.0 Å². The maximum absolute atomic E-state index is 14.7. The van der Waals surface area contributed by atoms with Gasteiger partial charge in [-0.15, -0.1) is 0 Å². The second kappa shape index (κ2) is 36.7. The molecule has 0 aliphatic carbocycles. The number of nitrogens with one attached hydrogen (secondary N) is 4. The summed E-state index contributed by atoms with van der Waals surface area (Å²) < 4.78 is 91.0. The lowest BCUT2D eigenvalue weighted by Crippen LogP contribution is -2.24. The Bertz CT molecular complexity index is 1870. The van der Waals surface area contributed by atoms with Gasteiger partial charge >= 0.3 is 5.97 Å². The average Bonchev–Trinajstić information content (AvgIpc) is 3.31. The van der Waals surface area contributed by atoms with Crippen LogP contribution in [0.25, 0.3) is 10.4 Å². The Morgan fingerprint density at radius 3 is 1.67 bits per heavy atom. The van der Waals surface area contributed by atoms with Gasteiger partial charge in [0.25, 0.3) is 0 Å². The molecule has 0 bridgehead atoms. The highest BCUT2D eigenvalue weighted by molar-refractivity contribution is 5.76. The average molecular weight is 953 g/mol. The fourth-order valence-electron chi connectivity index (χ4n) is 5.31. The molecule has 0 spiro atoms. The van der Waals surface area contributed by atoms with Crippen molar-refractivity contribution >= 4 is 29.7 Å². The fourth-order valence-corrected chi connectivity index (χ4v) is 5.31. The summed E-state index contributed by atoms with van der Waals surface area (Å²) >= 11 is 0. The first kappa shape index (κ1) is 55.9. The highest BCUT2D eigenvalue weighted by Crippen LogP contribution is 2.24. The van der Waals surface area contributed by atoms with Crippen molar-refractivity contribution in [2.24, 2.45) is 5.11 Å². The lowest BCUT2D eigenvalue weighted by Gasteiger charge is -2.12. The van der Waals surface area contributed by atoms with E-state index in [0.29, 0.717) is 104 Å². The van der Waals surface area contributed by atoms with Gasteiger partial charge in [0.1, 0.15) is 5.82 Å². The van der Waals surface area contributed by atoms with Crippen LogP contribution in [0.5, 0.6) is 5.75 Å². The van der Waals surface area contributed by atoms with Gasteiger partial charge in [-0.1, -0.05) is 30.6 Å². The van der Waals surface area contributed by atoms with E-state index in [-0.39, 0.29) is 77.0 Å². The van der Waals surface area contributed by atoms with E-state index < -0.39 is 29.3 Å². The summed E-state index contributed by atoms with van der Waals surface area (Å²) in [4.78, 5) is 40.3. The molecule has 0 radical (unpaired) electrons. The van der Waals surface area contributed by atoms with Gasteiger partial charge in [0, 0.05) is 44.1 Å². The molecule has 4 N–H and O–H groups in total. The number of hydrogen-bond donors (Lipinski definition) is 4. The molecule has 67 heavy (non-hydrogen) atoms. The van der Waals surface area contributed by atoms with Crippen molar-refractivity contribution in [3.63, 3.8) is 0 Å². The standard InChI is InChI=1S/C43H63F3N10O11/c1-2-3-9-48-41-53-42(55-43(54-41)51-31-33-5-4-6-35(44)28-33)49-10-14-61-18-16-59-12-7-38(57)50-32-34-29-36(45)40(37(46)30-34)67-39(58)8-13-60-17-20-63-22-24-65-26-27-66-25-23-64-21-19-62-15-11-52-56-47/h4-6,28-30H,2-3,7-27,31-32H2,1H3,(H,50,57)(H3,48,49,51,53,54,55). The molecule has 0 unspecified atom stereocenters. The van der Waals surface area contributed by atoms with Crippen molar-refractivity contribution in [3.05, 3.63) is 75.4 Å². The first-order valence-corrected chi connectivity index (χ1v) is 22.1. The monoisotopic (exact) mass is 952 g/mol. The van der Waals surface area contributed by atoms with E-state index in [9.17, 15) is 22.8 Å². The Kier molecular flexibility index (Phi) is 30.6. The van der Waals surface area contributed by atoms with Crippen LogP contribution in [-0.4, -0.2) is 152 Å². The molecule has 21 nitrogen and oxygen atoms in total. The van der Waals surface area contributed by atoms with Gasteiger partial charge in [0.15, 0.2) is 11.6 Å². The van der Waals surface area contributed by atoms with E-state index >= 15 is 0 Å². The Morgan fingerprint density at radius 2 is 1.12 bits per heavy atom. The zero-order valence-corrected chi connectivity index (χ0v) is 37.9. The first-order chi connectivity index (χ1) is 32.8. The van der Waals surface area contributed by atoms with E-state index in [2.05, 4.69) is 53.2 Å². The Hall–Kier alpha value is -5.43. The molecule has 2 aromatic carbocycles. The summed E-state index contributed by atoms with van der Waals surface area (Å²) in [6.07, 6.45) is 1.71. The number of unbranched alkanes of at least 4 members (excludes halogenated alkanes) is 1. The van der Waals surface area contributed by atoms with Crippen molar-refractivity contribution in [1.29, 1.82) is 0 Å². The minimum Gasteiger partial charge on any atom is -0.420 e. The number of nitrogens with zero attached hydrogens (tertiary/aromatic N) is 6. The Balaban J connectivity index is 1.16. The summed E-state index contributed by atoms with van der Waals surface area (Å²) in [7, 11) is 0. The lowest BCUT2D eigenvalue weighted by molar-refractivity contribution is -0.136. The zero-order chi connectivity index (χ0) is 48.0. The Morgan fingerprint density at radius 1 is 0.612 bits per heavy atom. The third-order valence-electron chi connectivity index (χ3n) is 8.64. The zero-order valence-electron chi connectivity index (χ0n) is 37.9. The maximum atomic E-state index is 14.7. The number of carbonyl (C=O) groups is 2. The van der Waals surface area contributed by atoms with Crippen molar-refractivity contribution in [3.8, 4) is 5.75 Å². The topological polar surface area (TPSA) is 253 Å². The number of ether oxygens (including phenoxy) is 9. The number of esters is 1. The number of rotatable bonds is 41. The van der Waals surface area contributed by atoms with Gasteiger partial charge in [-0.05, 0) is 47.3 Å². The number of hydrogen-bond acceptors (Lipinski definition) is 18. The van der Waals surface area contributed by atoms with E-state index in [1.54, 1.807) is 12.1 Å². The number of amides is 1. The van der Waals surface area contributed by atoms with Crippen LogP contribution < -0.4 is 26.0 Å². The largest absolute Gasteiger partial charge is 0.420 e. The quantitative estimate of drug-likeness (QED) is 0.0146. The number of halogens is 3. The molecule has 0 atom stereocenters. The van der Waals surface area contributed by atoms with Crippen molar-refractivity contribution in [1.82, 2.24) is 20.3 Å². The molecule has 0 aliphatic rings. The predicted octanol–water partition coefficient (Wildman–Crippen LogP) is 4.97. The minimum atomic E-state index is -1.09. The van der Waals surface area contributed by atoms with Gasteiger partial charge < -0.3 is 63.9 Å². The predicted molar refractivity (Wildman–Crippen MR) is 239 cm³/mol. The number of anilines is 3. The van der Waals surface area contributed by atoms with Crippen molar-refractivity contribution < 1.29 is 65.4 Å². The van der Waals surface area contributed by atoms with Crippen LogP contribution >= 0.6 is 0 Å². The summed E-state index contributed by atoms with van der Waals surface area (Å²) in [5, 5.41) is 15.3. The SMILES string of the molecule is CCCCNc1nc(NCCOCCOCCC(=O)NCc2cc(F)c(OC(=O)CCOCCOCCOCCOCCOCCOCCN=[N+]=[N-])c(F)c2)nc(NCc2cccc(F)c2)n1. The summed E-state index contributed by atoms with van der Waals surface area (Å²) in [5.74, 6) is -3.58. The number of benzene rings is 2. The molecular formula is C43H63F3N10O11. The summed E-state index contributed by atoms with van der Waals surface area (Å²) in [6.45, 7) is 8.36. The van der Waals surface area contributed by atoms with Crippen LogP contribution in [-0.2, 0) is 60.6 Å². The van der Waals surface area contributed by atoms with Crippen LogP contribution in [0.3, 0.4) is 0 Å². The molecule has 0 fully saturated rings. The molecule has 0 saturated heterocycles. The van der Waals surface area contributed by atoms with Gasteiger partial charge in [-0.2, -0.15) is 15.0 Å². The lowest BCUT2D eigenvalue weighted by atomic mass is 10.2. The molecule has 1 amide bonds. The van der Waals surface area contributed by atoms with E-state index in [4.69, 9.17) is 48.2 Å². The van der Waals surface area contributed by atoms with E-state index in [1.807, 2.05) is 0 Å². The maximum Gasteiger partial charge on any atom is 0.313 e. The molecule has 372 valence electrons. The number of carbonyl (C=O) groups excluding carboxylic acids is 2. The van der Waals surface area contributed by atoms with Crippen molar-refractivity contribution in [2.45, 2.75) is 45.7 Å². The van der Waals surface area contributed by atoms with Crippen LogP contribution in [0.1, 0.15) is 43.7 Å². The fraction of sp³-hybridized carbons (Fsp3) is 0.605. The van der Waals surface area contributed by atoms with Gasteiger partial charge in [0.2, 0.25) is 29.5 Å². The molecule has 24 heteroatoms. The smallest absolute Gasteiger partial charge is 0.313 e. The van der Waals surface area contributed by atoms with Crippen molar-refractivity contribution in [2.75, 3.05) is 141 Å². The molecular weight excluding hydrogens is 890 g/mol. The highest BCUT2D eigenvalue weighted by atomic mass is 19.1. The van der Waals surface area contributed by atoms with Crippen LogP contribution in [0.2, 0.25) is 0 Å². The molecule has 3 aromatic rings. The third kappa shape index (κ3) is 27.7. The van der Waals surface area contributed by atoms with Gasteiger partial charge in [-0.25, -0.2) is 13.2 Å². The summed E-state index contributed by atoms with van der Waals surface area (Å²) in [6, 6.07) is 8.19. The minimum absolute atomic E-state index is 0.00520. The molecule has 1 aromatic heterocycles. The number of azide groups is 1. The Labute approximate surface area is 388 Å². The normalized spacial score (nSPS) is 11.0.